The SMILES string of the molecule is Cc1cc(Oc2cccc(C(C)C)c2)c(C#N)c(C)n1. The first-order valence-corrected chi connectivity index (χ1v) is 6.67. The van der Waals surface area contributed by atoms with E-state index in [9.17, 15) is 5.26 Å². The van der Waals surface area contributed by atoms with Crippen molar-refractivity contribution in [3.05, 3.63) is 52.8 Å². The largest absolute Gasteiger partial charge is 0.456 e. The fraction of sp³-hybridized carbons (Fsp3) is 0.294. The van der Waals surface area contributed by atoms with Crippen LogP contribution < -0.4 is 4.74 Å². The van der Waals surface area contributed by atoms with Crippen molar-refractivity contribution in [3.63, 3.8) is 0 Å². The Balaban J connectivity index is 2.40. The molecule has 0 spiro atoms. The number of aromatic nitrogens is 1. The molecule has 1 aromatic carbocycles. The monoisotopic (exact) mass is 266 g/mol. The van der Waals surface area contributed by atoms with Gasteiger partial charge in [0.1, 0.15) is 23.1 Å². The highest BCUT2D eigenvalue weighted by molar-refractivity contribution is 5.48. The molecular weight excluding hydrogens is 248 g/mol. The van der Waals surface area contributed by atoms with Crippen molar-refractivity contribution in [2.24, 2.45) is 0 Å². The molecule has 0 aliphatic rings. The van der Waals surface area contributed by atoms with Crippen LogP contribution in [0.1, 0.15) is 42.3 Å². The van der Waals surface area contributed by atoms with Gasteiger partial charge >= 0.3 is 0 Å². The van der Waals surface area contributed by atoms with E-state index in [1.165, 1.54) is 5.56 Å². The minimum absolute atomic E-state index is 0.440. The third-order valence-electron chi connectivity index (χ3n) is 3.16. The van der Waals surface area contributed by atoms with Crippen LogP contribution in [0.2, 0.25) is 0 Å². The zero-order chi connectivity index (χ0) is 14.7. The van der Waals surface area contributed by atoms with E-state index >= 15 is 0 Å². The van der Waals surface area contributed by atoms with Crippen molar-refractivity contribution < 1.29 is 4.74 Å². The Hall–Kier alpha value is -2.34. The minimum atomic E-state index is 0.440. The maximum absolute atomic E-state index is 9.24. The minimum Gasteiger partial charge on any atom is -0.456 e. The third-order valence-corrected chi connectivity index (χ3v) is 3.16. The molecule has 0 aliphatic heterocycles. The van der Waals surface area contributed by atoms with Crippen LogP contribution in [0.25, 0.3) is 0 Å². The molecule has 0 bridgehead atoms. The van der Waals surface area contributed by atoms with Gasteiger partial charge in [-0.25, -0.2) is 0 Å². The average molecular weight is 266 g/mol. The van der Waals surface area contributed by atoms with Crippen LogP contribution in [0, 0.1) is 25.2 Å². The molecule has 0 amide bonds. The molecule has 20 heavy (non-hydrogen) atoms. The number of rotatable bonds is 3. The van der Waals surface area contributed by atoms with Gasteiger partial charge in [0, 0.05) is 11.8 Å². The van der Waals surface area contributed by atoms with E-state index in [1.54, 1.807) is 6.07 Å². The van der Waals surface area contributed by atoms with Crippen LogP contribution in [0.4, 0.5) is 0 Å². The Kier molecular flexibility index (Phi) is 4.05. The summed E-state index contributed by atoms with van der Waals surface area (Å²) < 4.78 is 5.89. The van der Waals surface area contributed by atoms with Gasteiger partial charge in [-0.15, -0.1) is 0 Å². The highest BCUT2D eigenvalue weighted by Gasteiger charge is 2.11. The standard InChI is InChI=1S/C17H18N2O/c1-11(2)14-6-5-7-15(9-14)20-17-8-12(3)19-13(4)16(17)10-18/h5-9,11H,1-4H3. The Morgan fingerprint density at radius 3 is 2.60 bits per heavy atom. The molecule has 0 atom stereocenters. The molecule has 0 radical (unpaired) electrons. The summed E-state index contributed by atoms with van der Waals surface area (Å²) in [6, 6.07) is 11.9. The Labute approximate surface area is 119 Å². The number of nitriles is 1. The summed E-state index contributed by atoms with van der Waals surface area (Å²) in [5, 5.41) is 9.24. The van der Waals surface area contributed by atoms with E-state index < -0.39 is 0 Å². The van der Waals surface area contributed by atoms with Gasteiger partial charge in [0.05, 0.1) is 5.69 Å². The van der Waals surface area contributed by atoms with Gasteiger partial charge in [0.15, 0.2) is 0 Å². The second kappa shape index (κ2) is 5.75. The lowest BCUT2D eigenvalue weighted by atomic mass is 10.0. The summed E-state index contributed by atoms with van der Waals surface area (Å²) in [7, 11) is 0. The Morgan fingerprint density at radius 1 is 1.20 bits per heavy atom. The van der Waals surface area contributed by atoms with Crippen LogP contribution in [-0.2, 0) is 0 Å². The van der Waals surface area contributed by atoms with Crippen molar-refractivity contribution in [2.75, 3.05) is 0 Å². The molecule has 2 rings (SSSR count). The molecule has 0 saturated carbocycles. The number of nitrogens with zero attached hydrogens (tertiary/aromatic N) is 2. The average Bonchev–Trinajstić information content (AvgIpc) is 2.38. The fourth-order valence-corrected chi connectivity index (χ4v) is 2.07. The van der Waals surface area contributed by atoms with Crippen molar-refractivity contribution in [2.45, 2.75) is 33.6 Å². The second-order valence-electron chi connectivity index (χ2n) is 5.16. The van der Waals surface area contributed by atoms with Crippen LogP contribution >= 0.6 is 0 Å². The molecule has 0 N–H and O–H groups in total. The topological polar surface area (TPSA) is 45.9 Å². The van der Waals surface area contributed by atoms with Crippen molar-refractivity contribution in [1.29, 1.82) is 5.26 Å². The Morgan fingerprint density at radius 2 is 1.95 bits per heavy atom. The first kappa shape index (κ1) is 14.1. The maximum atomic E-state index is 9.24. The van der Waals surface area contributed by atoms with E-state index in [2.05, 4.69) is 31.0 Å². The van der Waals surface area contributed by atoms with Gasteiger partial charge in [0.2, 0.25) is 0 Å². The molecule has 1 heterocycles. The quantitative estimate of drug-likeness (QED) is 0.822. The van der Waals surface area contributed by atoms with Crippen LogP contribution in [0.15, 0.2) is 30.3 Å². The maximum Gasteiger partial charge on any atom is 0.148 e. The molecule has 3 nitrogen and oxygen atoms in total. The molecule has 102 valence electrons. The first-order chi connectivity index (χ1) is 9.51. The summed E-state index contributed by atoms with van der Waals surface area (Å²) in [6.07, 6.45) is 0. The second-order valence-corrected chi connectivity index (χ2v) is 5.16. The fourth-order valence-electron chi connectivity index (χ4n) is 2.07. The van der Waals surface area contributed by atoms with E-state index in [0.717, 1.165) is 11.4 Å². The van der Waals surface area contributed by atoms with E-state index in [-0.39, 0.29) is 0 Å². The number of ether oxygens (including phenoxy) is 1. The van der Waals surface area contributed by atoms with E-state index in [4.69, 9.17) is 4.74 Å². The molecule has 3 heteroatoms. The highest BCUT2D eigenvalue weighted by atomic mass is 16.5. The number of hydrogen-bond acceptors (Lipinski definition) is 3. The lowest BCUT2D eigenvalue weighted by molar-refractivity contribution is 0.478. The summed E-state index contributed by atoms with van der Waals surface area (Å²) in [5.74, 6) is 1.76. The third kappa shape index (κ3) is 2.97. The van der Waals surface area contributed by atoms with Gasteiger partial charge in [-0.1, -0.05) is 26.0 Å². The summed E-state index contributed by atoms with van der Waals surface area (Å²) in [5.41, 5.74) is 3.24. The number of pyridine rings is 1. The zero-order valence-electron chi connectivity index (χ0n) is 12.3. The Bertz CT molecular complexity index is 669. The van der Waals surface area contributed by atoms with Crippen molar-refractivity contribution >= 4 is 0 Å². The molecular formula is C17H18N2O. The molecule has 2 aromatic rings. The van der Waals surface area contributed by atoms with Crippen LogP contribution in [0.3, 0.4) is 0 Å². The normalized spacial score (nSPS) is 10.4. The van der Waals surface area contributed by atoms with Gasteiger partial charge in [-0.2, -0.15) is 5.26 Å². The van der Waals surface area contributed by atoms with Crippen molar-refractivity contribution in [3.8, 4) is 17.6 Å². The lowest BCUT2D eigenvalue weighted by Crippen LogP contribution is -1.97. The predicted molar refractivity (Wildman–Crippen MR) is 79.0 cm³/mol. The van der Waals surface area contributed by atoms with Crippen LogP contribution in [0.5, 0.6) is 11.5 Å². The number of benzene rings is 1. The van der Waals surface area contributed by atoms with Crippen molar-refractivity contribution in [1.82, 2.24) is 4.98 Å². The zero-order valence-corrected chi connectivity index (χ0v) is 12.3. The highest BCUT2D eigenvalue weighted by Crippen LogP contribution is 2.29. The van der Waals surface area contributed by atoms with Gasteiger partial charge in [-0.3, -0.25) is 4.98 Å². The lowest BCUT2D eigenvalue weighted by Gasteiger charge is -2.12. The smallest absolute Gasteiger partial charge is 0.148 e. The number of aryl methyl sites for hydroxylation is 2. The molecule has 0 saturated heterocycles. The summed E-state index contributed by atoms with van der Waals surface area (Å²) in [4.78, 5) is 4.29. The van der Waals surface area contributed by atoms with Gasteiger partial charge in [0.25, 0.3) is 0 Å². The first-order valence-electron chi connectivity index (χ1n) is 6.67. The van der Waals surface area contributed by atoms with Gasteiger partial charge < -0.3 is 4.74 Å². The predicted octanol–water partition coefficient (Wildman–Crippen LogP) is 4.49. The van der Waals surface area contributed by atoms with E-state index in [0.29, 0.717) is 22.9 Å². The molecule has 0 unspecified atom stereocenters. The summed E-state index contributed by atoms with van der Waals surface area (Å²) >= 11 is 0. The molecule has 1 aromatic heterocycles. The summed E-state index contributed by atoms with van der Waals surface area (Å²) in [6.45, 7) is 8.00. The van der Waals surface area contributed by atoms with Crippen LogP contribution in [-0.4, -0.2) is 4.98 Å². The molecule has 0 aliphatic carbocycles. The van der Waals surface area contributed by atoms with Gasteiger partial charge in [-0.05, 0) is 37.5 Å². The number of hydrogen-bond donors (Lipinski definition) is 0. The van der Waals surface area contributed by atoms with E-state index in [1.807, 2.05) is 32.0 Å². The molecule has 0 fully saturated rings.